The van der Waals surface area contributed by atoms with Gasteiger partial charge in [-0.15, -0.1) is 0 Å². The minimum atomic E-state index is -0.0551. The molecule has 0 aliphatic carbocycles. The van der Waals surface area contributed by atoms with Gasteiger partial charge in [0, 0.05) is 30.8 Å². The quantitative estimate of drug-likeness (QED) is 0.460. The Morgan fingerprint density at radius 3 is 2.32 bits per heavy atom. The third-order valence-corrected chi connectivity index (χ3v) is 4.04. The van der Waals surface area contributed by atoms with Crippen molar-refractivity contribution in [3.8, 4) is 5.75 Å². The molecule has 1 amide bonds. The summed E-state index contributed by atoms with van der Waals surface area (Å²) >= 11 is 0. The topological polar surface area (TPSA) is 74.8 Å². The molecule has 0 heterocycles. The number of carbonyl (C=O) groups excluding carboxylic acids is 1. The molecule has 3 N–H and O–H groups in total. The maximum absolute atomic E-state index is 11.8. The number of aliphatic imine (C=N–C) groups is 1. The third kappa shape index (κ3) is 6.61. The molecular formula is C22H30N4O2. The monoisotopic (exact) mass is 382 g/mol. The molecule has 6 nitrogen and oxygen atoms in total. The number of hydrogen-bond acceptors (Lipinski definition) is 3. The Kier molecular flexibility index (Phi) is 8.85. The maximum Gasteiger partial charge on any atom is 0.251 e. The van der Waals surface area contributed by atoms with Gasteiger partial charge >= 0.3 is 0 Å². The first kappa shape index (κ1) is 21.3. The molecule has 2 aromatic rings. The molecule has 0 aliphatic rings. The molecular weight excluding hydrogens is 352 g/mol. The molecule has 0 spiro atoms. The van der Waals surface area contributed by atoms with Gasteiger partial charge in [-0.2, -0.15) is 0 Å². The largest absolute Gasteiger partial charge is 0.494 e. The molecule has 0 aliphatic heterocycles. The van der Waals surface area contributed by atoms with Crippen LogP contribution in [0.25, 0.3) is 0 Å². The van der Waals surface area contributed by atoms with E-state index in [1.165, 1.54) is 0 Å². The van der Waals surface area contributed by atoms with E-state index in [9.17, 15) is 4.79 Å². The van der Waals surface area contributed by atoms with Gasteiger partial charge in [-0.25, -0.2) is 4.99 Å². The highest BCUT2D eigenvalue weighted by Crippen LogP contribution is 2.17. The molecule has 0 saturated heterocycles. The lowest BCUT2D eigenvalue weighted by molar-refractivity contribution is 0.0956. The zero-order chi connectivity index (χ0) is 20.2. The van der Waals surface area contributed by atoms with Crippen molar-refractivity contribution in [1.82, 2.24) is 16.0 Å². The van der Waals surface area contributed by atoms with E-state index in [0.29, 0.717) is 31.8 Å². The highest BCUT2D eigenvalue weighted by molar-refractivity contribution is 5.94. The SMILES string of the molecule is CCNC(=O)c1ccc(CN=C(NCC)NCc2ccccc2OCC)cc1. The first-order valence-electron chi connectivity index (χ1n) is 9.77. The molecule has 2 aromatic carbocycles. The van der Waals surface area contributed by atoms with Gasteiger partial charge < -0.3 is 20.7 Å². The number of nitrogens with zero attached hydrogens (tertiary/aromatic N) is 1. The predicted molar refractivity (Wildman–Crippen MR) is 114 cm³/mol. The van der Waals surface area contributed by atoms with Crippen molar-refractivity contribution in [3.63, 3.8) is 0 Å². The van der Waals surface area contributed by atoms with Gasteiger partial charge in [0.05, 0.1) is 13.2 Å². The molecule has 150 valence electrons. The minimum Gasteiger partial charge on any atom is -0.494 e. The number of amides is 1. The standard InChI is InChI=1S/C22H30N4O2/c1-4-23-21(27)18-13-11-17(12-14-18)15-25-22(24-5-2)26-16-19-9-7-8-10-20(19)28-6-3/h7-14H,4-6,15-16H2,1-3H3,(H,23,27)(H2,24,25,26). The van der Waals surface area contributed by atoms with Crippen LogP contribution >= 0.6 is 0 Å². The van der Waals surface area contributed by atoms with E-state index >= 15 is 0 Å². The van der Waals surface area contributed by atoms with Crippen molar-refractivity contribution in [1.29, 1.82) is 0 Å². The smallest absolute Gasteiger partial charge is 0.251 e. The van der Waals surface area contributed by atoms with Crippen LogP contribution < -0.4 is 20.7 Å². The second kappa shape index (κ2) is 11.6. The van der Waals surface area contributed by atoms with Crippen molar-refractivity contribution in [2.24, 2.45) is 4.99 Å². The molecule has 0 bridgehead atoms. The number of rotatable bonds is 9. The molecule has 0 saturated carbocycles. The minimum absolute atomic E-state index is 0.0551. The lowest BCUT2D eigenvalue weighted by atomic mass is 10.1. The molecule has 0 unspecified atom stereocenters. The summed E-state index contributed by atoms with van der Waals surface area (Å²) < 4.78 is 5.67. The van der Waals surface area contributed by atoms with Crippen LogP contribution in [0.5, 0.6) is 5.75 Å². The Labute approximate surface area is 167 Å². The van der Waals surface area contributed by atoms with Crippen LogP contribution in [0.2, 0.25) is 0 Å². The van der Waals surface area contributed by atoms with Crippen LogP contribution in [0.1, 0.15) is 42.3 Å². The van der Waals surface area contributed by atoms with E-state index in [0.717, 1.165) is 29.4 Å². The normalized spacial score (nSPS) is 11.0. The first-order chi connectivity index (χ1) is 13.7. The zero-order valence-electron chi connectivity index (χ0n) is 16.9. The number of para-hydroxylation sites is 1. The van der Waals surface area contributed by atoms with Crippen LogP contribution in [-0.2, 0) is 13.1 Å². The fourth-order valence-electron chi connectivity index (χ4n) is 2.66. The van der Waals surface area contributed by atoms with Gasteiger partial charge in [0.2, 0.25) is 0 Å². The fraction of sp³-hybridized carbons (Fsp3) is 0.364. The van der Waals surface area contributed by atoms with E-state index in [-0.39, 0.29) is 5.91 Å². The lowest BCUT2D eigenvalue weighted by Gasteiger charge is -2.14. The highest BCUT2D eigenvalue weighted by Gasteiger charge is 2.05. The summed E-state index contributed by atoms with van der Waals surface area (Å²) in [5.74, 6) is 1.57. The van der Waals surface area contributed by atoms with Gasteiger partial charge in [-0.3, -0.25) is 4.79 Å². The molecule has 6 heteroatoms. The predicted octanol–water partition coefficient (Wildman–Crippen LogP) is 3.09. The van der Waals surface area contributed by atoms with Crippen LogP contribution in [0.4, 0.5) is 0 Å². The number of hydrogen-bond donors (Lipinski definition) is 3. The summed E-state index contributed by atoms with van der Waals surface area (Å²) in [5.41, 5.74) is 2.79. The molecule has 0 fully saturated rings. The lowest BCUT2D eigenvalue weighted by Crippen LogP contribution is -2.36. The fourth-order valence-corrected chi connectivity index (χ4v) is 2.66. The van der Waals surface area contributed by atoms with Crippen LogP contribution in [-0.4, -0.2) is 31.6 Å². The Bertz CT molecular complexity index is 772. The van der Waals surface area contributed by atoms with E-state index < -0.39 is 0 Å². The maximum atomic E-state index is 11.8. The van der Waals surface area contributed by atoms with E-state index in [4.69, 9.17) is 4.74 Å². The Morgan fingerprint density at radius 2 is 1.64 bits per heavy atom. The van der Waals surface area contributed by atoms with Gasteiger partial charge in [0.25, 0.3) is 5.91 Å². The Hall–Kier alpha value is -3.02. The summed E-state index contributed by atoms with van der Waals surface area (Å²) in [6.07, 6.45) is 0. The molecule has 0 atom stereocenters. The van der Waals surface area contributed by atoms with E-state index in [2.05, 4.69) is 20.9 Å². The number of nitrogens with one attached hydrogen (secondary N) is 3. The summed E-state index contributed by atoms with van der Waals surface area (Å²) in [5, 5.41) is 9.40. The Balaban J connectivity index is 1.99. The summed E-state index contributed by atoms with van der Waals surface area (Å²) in [7, 11) is 0. The van der Waals surface area contributed by atoms with Crippen LogP contribution in [0, 0.1) is 0 Å². The molecule has 2 rings (SSSR count). The molecule has 0 aromatic heterocycles. The highest BCUT2D eigenvalue weighted by atomic mass is 16.5. The van der Waals surface area contributed by atoms with Gasteiger partial charge in [0.1, 0.15) is 5.75 Å². The van der Waals surface area contributed by atoms with Crippen molar-refractivity contribution in [3.05, 3.63) is 65.2 Å². The van der Waals surface area contributed by atoms with Crippen molar-refractivity contribution >= 4 is 11.9 Å². The molecule has 28 heavy (non-hydrogen) atoms. The Morgan fingerprint density at radius 1 is 0.929 bits per heavy atom. The second-order valence-corrected chi connectivity index (χ2v) is 6.15. The summed E-state index contributed by atoms with van der Waals surface area (Å²) in [6, 6.07) is 15.5. The number of ether oxygens (including phenoxy) is 1. The average Bonchev–Trinajstić information content (AvgIpc) is 2.72. The summed E-state index contributed by atoms with van der Waals surface area (Å²) in [4.78, 5) is 16.5. The van der Waals surface area contributed by atoms with Crippen LogP contribution in [0.3, 0.4) is 0 Å². The average molecular weight is 383 g/mol. The number of guanidine groups is 1. The van der Waals surface area contributed by atoms with E-state index in [1.807, 2.05) is 69.3 Å². The number of benzene rings is 2. The third-order valence-electron chi connectivity index (χ3n) is 4.04. The first-order valence-corrected chi connectivity index (χ1v) is 9.77. The van der Waals surface area contributed by atoms with Crippen molar-refractivity contribution < 1.29 is 9.53 Å². The van der Waals surface area contributed by atoms with Crippen molar-refractivity contribution in [2.75, 3.05) is 19.7 Å². The number of carbonyl (C=O) groups is 1. The summed E-state index contributed by atoms with van der Waals surface area (Å²) in [6.45, 7) is 9.10. The molecule has 0 radical (unpaired) electrons. The van der Waals surface area contributed by atoms with E-state index in [1.54, 1.807) is 0 Å². The zero-order valence-corrected chi connectivity index (χ0v) is 16.9. The van der Waals surface area contributed by atoms with Gasteiger partial charge in [-0.05, 0) is 44.5 Å². The van der Waals surface area contributed by atoms with Crippen molar-refractivity contribution in [2.45, 2.75) is 33.9 Å². The van der Waals surface area contributed by atoms with Gasteiger partial charge in [-0.1, -0.05) is 30.3 Å². The van der Waals surface area contributed by atoms with Crippen LogP contribution in [0.15, 0.2) is 53.5 Å². The second-order valence-electron chi connectivity index (χ2n) is 6.15. The van der Waals surface area contributed by atoms with Gasteiger partial charge in [0.15, 0.2) is 5.96 Å².